The summed E-state index contributed by atoms with van der Waals surface area (Å²) >= 11 is 7.56. The molecule has 1 aliphatic rings. The van der Waals surface area contributed by atoms with Crippen LogP contribution in [-0.4, -0.2) is 31.1 Å². The molecule has 0 aliphatic carbocycles. The van der Waals surface area contributed by atoms with Gasteiger partial charge >= 0.3 is 0 Å². The number of halogens is 1. The average Bonchev–Trinajstić information content (AvgIpc) is 3.16. The summed E-state index contributed by atoms with van der Waals surface area (Å²) in [5.74, 6) is 0.908. The van der Waals surface area contributed by atoms with Crippen LogP contribution in [-0.2, 0) is 11.3 Å². The third kappa shape index (κ3) is 4.23. The third-order valence-electron chi connectivity index (χ3n) is 5.03. The van der Waals surface area contributed by atoms with Crippen molar-refractivity contribution in [3.63, 3.8) is 0 Å². The number of hydrogen-bond acceptors (Lipinski definition) is 5. The fraction of sp³-hybridized carbons (Fsp3) is 0.333. The molecule has 2 aromatic carbocycles. The topological polar surface area (TPSA) is 54.5 Å². The maximum atomic E-state index is 12.7. The number of benzene rings is 2. The lowest BCUT2D eigenvalue weighted by Crippen LogP contribution is -2.42. The molecule has 0 radical (unpaired) electrons. The van der Waals surface area contributed by atoms with Crippen LogP contribution in [0.5, 0.6) is 5.75 Å². The highest BCUT2D eigenvalue weighted by Crippen LogP contribution is 2.33. The Morgan fingerprint density at radius 2 is 2.14 bits per heavy atom. The van der Waals surface area contributed by atoms with Crippen molar-refractivity contribution in [3.8, 4) is 5.75 Å². The molecule has 28 heavy (non-hydrogen) atoms. The van der Waals surface area contributed by atoms with Crippen molar-refractivity contribution in [2.24, 2.45) is 5.92 Å². The average molecular weight is 416 g/mol. The lowest BCUT2D eigenvalue weighted by molar-refractivity contribution is -0.125. The number of nitrogens with zero attached hydrogens (tertiary/aromatic N) is 2. The van der Waals surface area contributed by atoms with Crippen LogP contribution in [0.2, 0.25) is 5.02 Å². The van der Waals surface area contributed by atoms with E-state index in [9.17, 15) is 4.79 Å². The number of aromatic nitrogens is 1. The van der Waals surface area contributed by atoms with Gasteiger partial charge in [0, 0.05) is 24.7 Å². The summed E-state index contributed by atoms with van der Waals surface area (Å²) in [5.41, 5.74) is 2.01. The van der Waals surface area contributed by atoms with Crippen molar-refractivity contribution in [1.29, 1.82) is 0 Å². The summed E-state index contributed by atoms with van der Waals surface area (Å²) in [6.45, 7) is 2.15. The number of nitrogens with one attached hydrogen (secondary N) is 1. The van der Waals surface area contributed by atoms with Gasteiger partial charge in [-0.2, -0.15) is 0 Å². The van der Waals surface area contributed by atoms with E-state index in [0.29, 0.717) is 18.1 Å². The first kappa shape index (κ1) is 19.0. The van der Waals surface area contributed by atoms with Crippen LogP contribution in [0.1, 0.15) is 18.4 Å². The highest BCUT2D eigenvalue weighted by molar-refractivity contribution is 7.22. The second kappa shape index (κ2) is 8.37. The van der Waals surface area contributed by atoms with E-state index in [-0.39, 0.29) is 11.8 Å². The van der Waals surface area contributed by atoms with Crippen molar-refractivity contribution in [2.45, 2.75) is 19.4 Å². The number of hydrogen-bond donors (Lipinski definition) is 1. The summed E-state index contributed by atoms with van der Waals surface area (Å²) in [6, 6.07) is 13.5. The van der Waals surface area contributed by atoms with E-state index in [4.69, 9.17) is 21.3 Å². The van der Waals surface area contributed by atoms with Gasteiger partial charge < -0.3 is 15.0 Å². The van der Waals surface area contributed by atoms with E-state index in [1.54, 1.807) is 18.4 Å². The van der Waals surface area contributed by atoms with E-state index in [2.05, 4.69) is 10.2 Å². The maximum absolute atomic E-state index is 12.7. The molecule has 1 unspecified atom stereocenters. The SMILES string of the molecule is COc1ccc2nc(N3CCCC(C(=O)NCc4ccc(Cl)cc4)C3)sc2c1. The second-order valence-electron chi connectivity index (χ2n) is 6.96. The van der Waals surface area contributed by atoms with Gasteiger partial charge in [-0.25, -0.2) is 4.98 Å². The molecule has 1 aliphatic heterocycles. The molecule has 1 saturated heterocycles. The first-order valence-corrected chi connectivity index (χ1v) is 10.5. The highest BCUT2D eigenvalue weighted by atomic mass is 35.5. The van der Waals surface area contributed by atoms with Crippen LogP contribution in [0.3, 0.4) is 0 Å². The van der Waals surface area contributed by atoms with Crippen molar-refractivity contribution >= 4 is 44.2 Å². The molecule has 1 aromatic heterocycles. The van der Waals surface area contributed by atoms with Gasteiger partial charge in [-0.15, -0.1) is 0 Å². The molecule has 146 valence electrons. The monoisotopic (exact) mass is 415 g/mol. The van der Waals surface area contributed by atoms with Crippen LogP contribution >= 0.6 is 22.9 Å². The van der Waals surface area contributed by atoms with Crippen LogP contribution in [0.4, 0.5) is 5.13 Å². The summed E-state index contributed by atoms with van der Waals surface area (Å²) in [7, 11) is 1.67. The molecular formula is C21H22ClN3O2S. The third-order valence-corrected chi connectivity index (χ3v) is 6.36. The summed E-state index contributed by atoms with van der Waals surface area (Å²) in [4.78, 5) is 19.7. The van der Waals surface area contributed by atoms with Crippen LogP contribution < -0.4 is 15.0 Å². The van der Waals surface area contributed by atoms with E-state index in [1.165, 1.54) is 0 Å². The Morgan fingerprint density at radius 3 is 2.93 bits per heavy atom. The Morgan fingerprint density at radius 1 is 1.32 bits per heavy atom. The number of carbonyl (C=O) groups excluding carboxylic acids is 1. The van der Waals surface area contributed by atoms with E-state index in [1.807, 2.05) is 42.5 Å². The number of fused-ring (bicyclic) bond motifs is 1. The van der Waals surface area contributed by atoms with Gasteiger partial charge in [-0.3, -0.25) is 4.79 Å². The molecule has 1 fully saturated rings. The Bertz CT molecular complexity index is 973. The molecule has 7 heteroatoms. The van der Waals surface area contributed by atoms with Crippen LogP contribution in [0, 0.1) is 5.92 Å². The summed E-state index contributed by atoms with van der Waals surface area (Å²) in [5, 5.41) is 4.73. The smallest absolute Gasteiger partial charge is 0.225 e. The summed E-state index contributed by atoms with van der Waals surface area (Å²) in [6.07, 6.45) is 1.89. The largest absolute Gasteiger partial charge is 0.497 e. The van der Waals surface area contributed by atoms with Gasteiger partial charge in [-0.05, 0) is 48.7 Å². The van der Waals surface area contributed by atoms with Crippen molar-refractivity contribution < 1.29 is 9.53 Å². The minimum atomic E-state index is -0.0254. The Hall–Kier alpha value is -2.31. The van der Waals surface area contributed by atoms with Gasteiger partial charge in [0.05, 0.1) is 23.2 Å². The number of thiazole rings is 1. The standard InChI is InChI=1S/C21H22ClN3O2S/c1-27-17-8-9-18-19(11-17)28-21(24-18)25-10-2-3-15(13-25)20(26)23-12-14-4-6-16(22)7-5-14/h4-9,11,15H,2-3,10,12-13H2,1H3,(H,23,26). The normalized spacial score (nSPS) is 16.9. The molecule has 1 amide bonds. The quantitative estimate of drug-likeness (QED) is 0.667. The Labute approximate surface area is 173 Å². The molecule has 3 aromatic rings. The number of amides is 1. The molecule has 1 N–H and O–H groups in total. The number of methoxy groups -OCH3 is 1. The van der Waals surface area contributed by atoms with Gasteiger partial charge in [0.25, 0.3) is 0 Å². The molecule has 2 heterocycles. The minimum Gasteiger partial charge on any atom is -0.497 e. The fourth-order valence-corrected chi connectivity index (χ4v) is 4.61. The minimum absolute atomic E-state index is 0.0254. The van der Waals surface area contributed by atoms with E-state index >= 15 is 0 Å². The predicted molar refractivity (Wildman–Crippen MR) is 114 cm³/mol. The van der Waals surface area contributed by atoms with E-state index < -0.39 is 0 Å². The molecule has 1 atom stereocenters. The lowest BCUT2D eigenvalue weighted by Gasteiger charge is -2.31. The molecular weight excluding hydrogens is 394 g/mol. The van der Waals surface area contributed by atoms with Crippen molar-refractivity contribution in [2.75, 3.05) is 25.1 Å². The van der Waals surface area contributed by atoms with Crippen LogP contribution in [0.25, 0.3) is 10.2 Å². The Kier molecular flexibility index (Phi) is 5.69. The second-order valence-corrected chi connectivity index (χ2v) is 8.41. The van der Waals surface area contributed by atoms with Crippen molar-refractivity contribution in [3.05, 3.63) is 53.1 Å². The molecule has 0 bridgehead atoms. The lowest BCUT2D eigenvalue weighted by atomic mass is 9.97. The van der Waals surface area contributed by atoms with Gasteiger partial charge in [-0.1, -0.05) is 35.1 Å². The van der Waals surface area contributed by atoms with Crippen LogP contribution in [0.15, 0.2) is 42.5 Å². The zero-order valence-electron chi connectivity index (χ0n) is 15.7. The van der Waals surface area contributed by atoms with Crippen molar-refractivity contribution in [1.82, 2.24) is 10.3 Å². The number of anilines is 1. The first-order valence-electron chi connectivity index (χ1n) is 9.34. The number of rotatable bonds is 5. The molecule has 0 spiro atoms. The highest BCUT2D eigenvalue weighted by Gasteiger charge is 2.27. The molecule has 4 rings (SSSR count). The number of ether oxygens (including phenoxy) is 1. The summed E-state index contributed by atoms with van der Waals surface area (Å²) < 4.78 is 6.40. The van der Waals surface area contributed by atoms with Gasteiger partial charge in [0.1, 0.15) is 5.75 Å². The van der Waals surface area contributed by atoms with Gasteiger partial charge in [0.15, 0.2) is 5.13 Å². The zero-order valence-corrected chi connectivity index (χ0v) is 17.2. The Balaban J connectivity index is 1.40. The zero-order chi connectivity index (χ0) is 19.5. The number of piperidine rings is 1. The maximum Gasteiger partial charge on any atom is 0.225 e. The molecule has 5 nitrogen and oxygen atoms in total. The first-order chi connectivity index (χ1) is 13.6. The number of carbonyl (C=O) groups is 1. The fourth-order valence-electron chi connectivity index (χ4n) is 3.46. The van der Waals surface area contributed by atoms with Gasteiger partial charge in [0.2, 0.25) is 5.91 Å². The molecule has 0 saturated carbocycles. The van der Waals surface area contributed by atoms with E-state index in [0.717, 1.165) is 46.0 Å². The predicted octanol–water partition coefficient (Wildman–Crippen LogP) is 4.49.